The van der Waals surface area contributed by atoms with Crippen LogP contribution in [0.25, 0.3) is 0 Å². The lowest BCUT2D eigenvalue weighted by molar-refractivity contribution is 0.354. The van der Waals surface area contributed by atoms with Gasteiger partial charge in [0.05, 0.1) is 14.2 Å². The number of nitrogens with one attached hydrogen (secondary N) is 2. The van der Waals surface area contributed by atoms with E-state index in [1.54, 1.807) is 21.3 Å². The molecule has 0 aromatic heterocycles. The van der Waals surface area contributed by atoms with E-state index in [-0.39, 0.29) is 0 Å². The minimum Gasteiger partial charge on any atom is -0.493 e. The summed E-state index contributed by atoms with van der Waals surface area (Å²) in [5, 5.41) is 7.35. The van der Waals surface area contributed by atoms with Crippen LogP contribution in [-0.2, 0) is 13.0 Å². The molecule has 140 valence electrons. The van der Waals surface area contributed by atoms with Crippen LogP contribution >= 0.6 is 11.6 Å². The fourth-order valence-electron chi connectivity index (χ4n) is 2.59. The smallest absolute Gasteiger partial charge is 0.191 e. The second-order valence-electron chi connectivity index (χ2n) is 5.78. The molecule has 2 aromatic rings. The Morgan fingerprint density at radius 1 is 1.00 bits per heavy atom. The van der Waals surface area contributed by atoms with Gasteiger partial charge in [-0.2, -0.15) is 0 Å². The van der Waals surface area contributed by atoms with E-state index < -0.39 is 0 Å². The molecule has 0 radical (unpaired) electrons. The van der Waals surface area contributed by atoms with Crippen molar-refractivity contribution >= 4 is 17.6 Å². The number of benzene rings is 2. The van der Waals surface area contributed by atoms with Gasteiger partial charge in [-0.25, -0.2) is 0 Å². The van der Waals surface area contributed by atoms with Gasteiger partial charge >= 0.3 is 0 Å². The number of aryl methyl sites for hydroxylation is 1. The highest BCUT2D eigenvalue weighted by atomic mass is 35.5. The Morgan fingerprint density at radius 2 is 1.81 bits per heavy atom. The highest BCUT2D eigenvalue weighted by molar-refractivity contribution is 6.30. The molecule has 0 aliphatic heterocycles. The molecule has 0 bridgehead atoms. The van der Waals surface area contributed by atoms with Crippen molar-refractivity contribution in [3.63, 3.8) is 0 Å². The molecule has 2 rings (SSSR count). The van der Waals surface area contributed by atoms with Gasteiger partial charge in [-0.05, 0) is 48.2 Å². The number of hydrogen-bond acceptors (Lipinski definition) is 3. The van der Waals surface area contributed by atoms with Crippen LogP contribution in [-0.4, -0.2) is 33.8 Å². The summed E-state index contributed by atoms with van der Waals surface area (Å²) in [6, 6.07) is 13.8. The number of methoxy groups -OCH3 is 2. The van der Waals surface area contributed by atoms with Crippen molar-refractivity contribution in [3.05, 3.63) is 58.6 Å². The van der Waals surface area contributed by atoms with Crippen molar-refractivity contribution in [3.8, 4) is 11.5 Å². The number of guanidine groups is 1. The van der Waals surface area contributed by atoms with Gasteiger partial charge in [-0.15, -0.1) is 0 Å². The quantitative estimate of drug-likeness (QED) is 0.420. The van der Waals surface area contributed by atoms with Gasteiger partial charge in [0.15, 0.2) is 17.5 Å². The topological polar surface area (TPSA) is 54.9 Å². The van der Waals surface area contributed by atoms with Crippen LogP contribution in [0.3, 0.4) is 0 Å². The second-order valence-corrected chi connectivity index (χ2v) is 6.21. The minimum absolute atomic E-state index is 0.677. The molecule has 26 heavy (non-hydrogen) atoms. The maximum atomic E-state index is 6.00. The summed E-state index contributed by atoms with van der Waals surface area (Å²) < 4.78 is 10.6. The summed E-state index contributed by atoms with van der Waals surface area (Å²) in [6.07, 6.45) is 1.92. The lowest BCUT2D eigenvalue weighted by Crippen LogP contribution is -2.37. The third-order valence-corrected chi connectivity index (χ3v) is 4.19. The van der Waals surface area contributed by atoms with E-state index in [0.717, 1.165) is 47.4 Å². The standard InChI is InChI=1S/C20H26ClN3O2/c1-22-20(24-14-16-6-4-8-17(21)12-16)23-11-5-7-15-9-10-18(25-2)19(13-15)26-3/h4,6,8-10,12-13H,5,7,11,14H2,1-3H3,(H2,22,23,24). The SMILES string of the molecule is CN=C(NCCCc1ccc(OC)c(OC)c1)NCc1cccc(Cl)c1. The first-order valence-corrected chi connectivity index (χ1v) is 8.94. The number of ether oxygens (including phenoxy) is 2. The van der Waals surface area contributed by atoms with E-state index in [0.29, 0.717) is 6.54 Å². The molecule has 6 heteroatoms. The zero-order chi connectivity index (χ0) is 18.8. The third kappa shape index (κ3) is 6.15. The highest BCUT2D eigenvalue weighted by Gasteiger charge is 2.05. The van der Waals surface area contributed by atoms with Crippen molar-refractivity contribution in [2.24, 2.45) is 4.99 Å². The Balaban J connectivity index is 1.75. The maximum Gasteiger partial charge on any atom is 0.191 e. The van der Waals surface area contributed by atoms with Crippen molar-refractivity contribution in [2.45, 2.75) is 19.4 Å². The van der Waals surface area contributed by atoms with Gasteiger partial charge < -0.3 is 20.1 Å². The molecule has 0 heterocycles. The lowest BCUT2D eigenvalue weighted by atomic mass is 10.1. The molecule has 0 saturated carbocycles. The zero-order valence-electron chi connectivity index (χ0n) is 15.5. The van der Waals surface area contributed by atoms with Crippen LogP contribution in [0.5, 0.6) is 11.5 Å². The van der Waals surface area contributed by atoms with Crippen molar-refractivity contribution in [2.75, 3.05) is 27.8 Å². The molecule has 2 N–H and O–H groups in total. The molecule has 0 atom stereocenters. The van der Waals surface area contributed by atoms with Gasteiger partial charge in [0.25, 0.3) is 0 Å². The van der Waals surface area contributed by atoms with Gasteiger partial charge in [-0.1, -0.05) is 29.8 Å². The summed E-state index contributed by atoms with van der Waals surface area (Å²) in [5.41, 5.74) is 2.33. The third-order valence-electron chi connectivity index (χ3n) is 3.96. The summed E-state index contributed by atoms with van der Waals surface area (Å²) in [4.78, 5) is 4.25. The van der Waals surface area contributed by atoms with E-state index in [4.69, 9.17) is 21.1 Å². The molecule has 5 nitrogen and oxygen atoms in total. The average molecular weight is 376 g/mol. The fourth-order valence-corrected chi connectivity index (χ4v) is 2.80. The van der Waals surface area contributed by atoms with E-state index in [1.165, 1.54) is 5.56 Å². The summed E-state index contributed by atoms with van der Waals surface area (Å²) in [7, 11) is 5.06. The van der Waals surface area contributed by atoms with Gasteiger partial charge in [0.2, 0.25) is 0 Å². The van der Waals surface area contributed by atoms with Crippen LogP contribution in [0.2, 0.25) is 5.02 Å². The molecular weight excluding hydrogens is 350 g/mol. The highest BCUT2D eigenvalue weighted by Crippen LogP contribution is 2.27. The van der Waals surface area contributed by atoms with Gasteiger partial charge in [0.1, 0.15) is 0 Å². The Hall–Kier alpha value is -2.40. The van der Waals surface area contributed by atoms with Crippen molar-refractivity contribution < 1.29 is 9.47 Å². The summed E-state index contributed by atoms with van der Waals surface area (Å²) in [5.74, 6) is 2.29. The Morgan fingerprint density at radius 3 is 2.50 bits per heavy atom. The van der Waals surface area contributed by atoms with E-state index in [9.17, 15) is 0 Å². The largest absolute Gasteiger partial charge is 0.493 e. The molecule has 0 aliphatic carbocycles. The van der Waals surface area contributed by atoms with Crippen molar-refractivity contribution in [1.82, 2.24) is 10.6 Å². The lowest BCUT2D eigenvalue weighted by Gasteiger charge is -2.13. The normalized spacial score (nSPS) is 11.2. The molecule has 0 aliphatic rings. The molecule has 0 unspecified atom stereocenters. The average Bonchev–Trinajstić information content (AvgIpc) is 2.67. The Labute approximate surface area is 160 Å². The monoisotopic (exact) mass is 375 g/mol. The Bertz CT molecular complexity index is 735. The minimum atomic E-state index is 0.677. The first kappa shape index (κ1) is 19.9. The number of aliphatic imine (C=N–C) groups is 1. The van der Waals surface area contributed by atoms with Crippen LogP contribution in [0, 0.1) is 0 Å². The van der Waals surface area contributed by atoms with Crippen LogP contribution in [0.15, 0.2) is 47.5 Å². The molecule has 2 aromatic carbocycles. The van der Waals surface area contributed by atoms with Gasteiger partial charge in [0, 0.05) is 25.2 Å². The maximum absolute atomic E-state index is 6.00. The predicted molar refractivity (Wildman–Crippen MR) is 108 cm³/mol. The zero-order valence-corrected chi connectivity index (χ0v) is 16.3. The number of rotatable bonds is 8. The van der Waals surface area contributed by atoms with E-state index in [2.05, 4.69) is 21.7 Å². The fraction of sp³-hybridized carbons (Fsp3) is 0.350. The van der Waals surface area contributed by atoms with Gasteiger partial charge in [-0.3, -0.25) is 4.99 Å². The number of halogens is 1. The first-order valence-electron chi connectivity index (χ1n) is 8.56. The molecule has 0 saturated heterocycles. The summed E-state index contributed by atoms with van der Waals surface area (Å²) >= 11 is 6.00. The number of nitrogens with zero attached hydrogens (tertiary/aromatic N) is 1. The van der Waals surface area contributed by atoms with Crippen LogP contribution in [0.1, 0.15) is 17.5 Å². The number of hydrogen-bond donors (Lipinski definition) is 2. The Kier molecular flexibility index (Phi) is 8.09. The molecule has 0 spiro atoms. The van der Waals surface area contributed by atoms with E-state index in [1.807, 2.05) is 36.4 Å². The first-order chi connectivity index (χ1) is 12.7. The van der Waals surface area contributed by atoms with E-state index >= 15 is 0 Å². The molecule has 0 amide bonds. The summed E-state index contributed by atoms with van der Waals surface area (Å²) in [6.45, 7) is 1.50. The molecular formula is C20H26ClN3O2. The second kappa shape index (κ2) is 10.6. The molecule has 0 fully saturated rings. The van der Waals surface area contributed by atoms with Crippen LogP contribution in [0.4, 0.5) is 0 Å². The van der Waals surface area contributed by atoms with Crippen LogP contribution < -0.4 is 20.1 Å². The predicted octanol–water partition coefficient (Wildman–Crippen LogP) is 3.66. The van der Waals surface area contributed by atoms with Crippen molar-refractivity contribution in [1.29, 1.82) is 0 Å².